The summed E-state index contributed by atoms with van der Waals surface area (Å²) in [7, 11) is 1.26. The van der Waals surface area contributed by atoms with Crippen LogP contribution in [0.5, 0.6) is 0 Å². The minimum absolute atomic E-state index is 0.0755. The van der Waals surface area contributed by atoms with E-state index in [1.54, 1.807) is 36.5 Å². The quantitative estimate of drug-likeness (QED) is 0.353. The third-order valence-electron chi connectivity index (χ3n) is 5.88. The van der Waals surface area contributed by atoms with Crippen LogP contribution >= 0.6 is 0 Å². The molecule has 2 N–H and O–H groups in total. The van der Waals surface area contributed by atoms with Crippen LogP contribution < -0.4 is 10.6 Å². The lowest BCUT2D eigenvalue weighted by atomic mass is 10.0. The fraction of sp³-hybridized carbons (Fsp3) is 0.250. The van der Waals surface area contributed by atoms with Crippen LogP contribution in [-0.2, 0) is 20.7 Å². The summed E-state index contributed by atoms with van der Waals surface area (Å²) >= 11 is 0. The Morgan fingerprint density at radius 2 is 1.73 bits per heavy atom. The highest BCUT2D eigenvalue weighted by atomic mass is 16.5. The van der Waals surface area contributed by atoms with Gasteiger partial charge in [0, 0.05) is 17.3 Å². The van der Waals surface area contributed by atoms with Crippen LogP contribution in [0.1, 0.15) is 41.4 Å². The molecule has 0 aliphatic carbocycles. The molecule has 9 heteroatoms. The number of hydrogen-bond donors (Lipinski definition) is 2. The number of carbonyl (C=O) groups excluding carboxylic acids is 3. The van der Waals surface area contributed by atoms with E-state index in [-0.39, 0.29) is 30.8 Å². The predicted molar refractivity (Wildman–Crippen MR) is 141 cm³/mol. The first-order valence-corrected chi connectivity index (χ1v) is 11.9. The van der Waals surface area contributed by atoms with Gasteiger partial charge in [0.1, 0.15) is 6.54 Å². The zero-order valence-corrected chi connectivity index (χ0v) is 21.2. The van der Waals surface area contributed by atoms with Crippen molar-refractivity contribution in [1.82, 2.24) is 20.1 Å². The van der Waals surface area contributed by atoms with E-state index in [1.165, 1.54) is 7.11 Å². The van der Waals surface area contributed by atoms with Gasteiger partial charge >= 0.3 is 5.97 Å². The Bertz CT molecular complexity index is 1440. The smallest absolute Gasteiger partial charge is 0.325 e. The zero-order valence-electron chi connectivity index (χ0n) is 21.2. The topological polar surface area (TPSA) is 115 Å². The molecule has 37 heavy (non-hydrogen) atoms. The highest BCUT2D eigenvalue weighted by molar-refractivity contribution is 6.12. The van der Waals surface area contributed by atoms with Gasteiger partial charge in [-0.1, -0.05) is 42.0 Å². The number of pyridine rings is 1. The van der Waals surface area contributed by atoms with Gasteiger partial charge in [0.15, 0.2) is 5.65 Å². The molecule has 2 aromatic carbocycles. The fourth-order valence-corrected chi connectivity index (χ4v) is 3.85. The standard InChI is InChI=1S/C28H29N5O4/c1-17(2)33-27-23(15-30-33)22(14-24(32-27)20-9-5-18(3)6-10-20)28(36)31-21-11-7-19(8-12-21)13-25(34)29-16-26(35)37-4/h5-12,14-15,17H,13,16H2,1-4H3,(H,29,34)(H,31,36). The van der Waals surface area contributed by atoms with Gasteiger partial charge in [-0.3, -0.25) is 14.4 Å². The largest absolute Gasteiger partial charge is 0.468 e. The van der Waals surface area contributed by atoms with Gasteiger partial charge in [0.05, 0.1) is 36.4 Å². The Balaban J connectivity index is 1.57. The van der Waals surface area contributed by atoms with Crippen LogP contribution in [0.15, 0.2) is 60.8 Å². The molecular weight excluding hydrogens is 470 g/mol. The molecule has 2 heterocycles. The van der Waals surface area contributed by atoms with Crippen molar-refractivity contribution >= 4 is 34.5 Å². The number of ether oxygens (including phenoxy) is 1. The number of aromatic nitrogens is 3. The summed E-state index contributed by atoms with van der Waals surface area (Å²) in [6, 6.07) is 16.8. The Hall–Kier alpha value is -4.53. The minimum atomic E-state index is -0.513. The number of aryl methyl sites for hydroxylation is 1. The van der Waals surface area contributed by atoms with Crippen LogP contribution in [0.2, 0.25) is 0 Å². The maximum absolute atomic E-state index is 13.4. The van der Waals surface area contributed by atoms with Crippen molar-refractivity contribution < 1.29 is 19.1 Å². The molecule has 2 amide bonds. The van der Waals surface area contributed by atoms with Gasteiger partial charge < -0.3 is 15.4 Å². The van der Waals surface area contributed by atoms with Crippen molar-refractivity contribution in [2.45, 2.75) is 33.2 Å². The van der Waals surface area contributed by atoms with Crippen LogP contribution in [0.3, 0.4) is 0 Å². The molecule has 0 saturated heterocycles. The Morgan fingerprint density at radius 3 is 2.38 bits per heavy atom. The van der Waals surface area contributed by atoms with Crippen LogP contribution in [0, 0.1) is 6.92 Å². The van der Waals surface area contributed by atoms with Gasteiger partial charge in [-0.2, -0.15) is 5.10 Å². The molecule has 190 valence electrons. The maximum Gasteiger partial charge on any atom is 0.325 e. The summed E-state index contributed by atoms with van der Waals surface area (Å²) in [6.07, 6.45) is 1.77. The van der Waals surface area contributed by atoms with E-state index in [4.69, 9.17) is 4.98 Å². The molecule has 0 unspecified atom stereocenters. The number of rotatable bonds is 8. The molecule has 0 radical (unpaired) electrons. The first kappa shape index (κ1) is 25.6. The van der Waals surface area contributed by atoms with E-state index in [0.29, 0.717) is 28.0 Å². The Morgan fingerprint density at radius 1 is 1.03 bits per heavy atom. The molecule has 4 aromatic rings. The first-order chi connectivity index (χ1) is 17.7. The predicted octanol–water partition coefficient (Wildman–Crippen LogP) is 4.07. The van der Waals surface area contributed by atoms with Gasteiger partial charge in [0.25, 0.3) is 5.91 Å². The van der Waals surface area contributed by atoms with E-state index in [9.17, 15) is 14.4 Å². The summed E-state index contributed by atoms with van der Waals surface area (Å²) in [4.78, 5) is 41.4. The lowest BCUT2D eigenvalue weighted by molar-refractivity contribution is -0.141. The second-order valence-electron chi connectivity index (χ2n) is 9.02. The number of amides is 2. The van der Waals surface area contributed by atoms with Crippen molar-refractivity contribution in [2.75, 3.05) is 19.0 Å². The average Bonchev–Trinajstić information content (AvgIpc) is 3.32. The van der Waals surface area contributed by atoms with E-state index in [2.05, 4.69) is 20.5 Å². The molecule has 0 bridgehead atoms. The number of nitrogens with one attached hydrogen (secondary N) is 2. The first-order valence-electron chi connectivity index (χ1n) is 11.9. The molecule has 0 saturated carbocycles. The highest BCUT2D eigenvalue weighted by Crippen LogP contribution is 2.27. The normalized spacial score (nSPS) is 10.9. The summed E-state index contributed by atoms with van der Waals surface area (Å²) in [5.74, 6) is -1.10. The van der Waals surface area contributed by atoms with Gasteiger partial charge in [-0.15, -0.1) is 0 Å². The molecule has 2 aromatic heterocycles. The van der Waals surface area contributed by atoms with Crippen molar-refractivity contribution in [3.8, 4) is 11.3 Å². The average molecular weight is 500 g/mol. The van der Waals surface area contributed by atoms with Crippen molar-refractivity contribution in [2.24, 2.45) is 0 Å². The number of benzene rings is 2. The van der Waals surface area contributed by atoms with E-state index >= 15 is 0 Å². The van der Waals surface area contributed by atoms with Crippen LogP contribution in [-0.4, -0.2) is 46.2 Å². The number of carbonyl (C=O) groups is 3. The lowest BCUT2D eigenvalue weighted by Gasteiger charge is -2.12. The second kappa shape index (κ2) is 11.0. The molecule has 4 rings (SSSR count). The van der Waals surface area contributed by atoms with Crippen LogP contribution in [0.4, 0.5) is 5.69 Å². The summed E-state index contributed by atoms with van der Waals surface area (Å²) in [5, 5.41) is 10.6. The van der Waals surface area contributed by atoms with Crippen LogP contribution in [0.25, 0.3) is 22.3 Å². The minimum Gasteiger partial charge on any atom is -0.468 e. The van der Waals surface area contributed by atoms with Gasteiger partial charge in [-0.25, -0.2) is 9.67 Å². The molecule has 9 nitrogen and oxygen atoms in total. The second-order valence-corrected chi connectivity index (χ2v) is 9.02. The van der Waals surface area contributed by atoms with E-state index in [1.807, 2.05) is 49.7 Å². The molecule has 0 aliphatic rings. The lowest BCUT2D eigenvalue weighted by Crippen LogP contribution is -2.31. The highest BCUT2D eigenvalue weighted by Gasteiger charge is 2.19. The Kier molecular flexibility index (Phi) is 7.62. The number of anilines is 1. The summed E-state index contributed by atoms with van der Waals surface area (Å²) < 4.78 is 6.32. The van der Waals surface area contributed by atoms with E-state index in [0.717, 1.165) is 16.7 Å². The van der Waals surface area contributed by atoms with Crippen molar-refractivity contribution in [3.63, 3.8) is 0 Å². The number of hydrogen-bond acceptors (Lipinski definition) is 6. The molecule has 0 fully saturated rings. The van der Waals surface area contributed by atoms with E-state index < -0.39 is 5.97 Å². The monoisotopic (exact) mass is 499 g/mol. The number of methoxy groups -OCH3 is 1. The third-order valence-corrected chi connectivity index (χ3v) is 5.88. The molecular formula is C28H29N5O4. The van der Waals surface area contributed by atoms with Gasteiger partial charge in [-0.05, 0) is 44.5 Å². The molecule has 0 aliphatic heterocycles. The number of esters is 1. The number of nitrogens with zero attached hydrogens (tertiary/aromatic N) is 3. The Labute approximate surface area is 214 Å². The SMILES string of the molecule is COC(=O)CNC(=O)Cc1ccc(NC(=O)c2cc(-c3ccc(C)cc3)nc3c2cnn3C(C)C)cc1. The molecule has 0 atom stereocenters. The third kappa shape index (κ3) is 6.00. The van der Waals surface area contributed by atoms with Gasteiger partial charge in [0.2, 0.25) is 5.91 Å². The molecule has 0 spiro atoms. The summed E-state index contributed by atoms with van der Waals surface area (Å²) in [5.41, 5.74) is 5.18. The number of fused-ring (bicyclic) bond motifs is 1. The summed E-state index contributed by atoms with van der Waals surface area (Å²) in [6.45, 7) is 5.88. The fourth-order valence-electron chi connectivity index (χ4n) is 3.85. The zero-order chi connectivity index (χ0) is 26.5. The van der Waals surface area contributed by atoms with Crippen molar-refractivity contribution in [1.29, 1.82) is 0 Å². The maximum atomic E-state index is 13.4. The van der Waals surface area contributed by atoms with Crippen molar-refractivity contribution in [3.05, 3.63) is 77.5 Å².